The van der Waals surface area contributed by atoms with Gasteiger partial charge in [0.2, 0.25) is 5.95 Å². The highest BCUT2D eigenvalue weighted by atomic mass is 35.5. The molecule has 2 aromatic rings. The molecule has 138 valence electrons. The van der Waals surface area contributed by atoms with Crippen LogP contribution in [-0.2, 0) is 4.74 Å². The molecule has 1 aliphatic heterocycles. The molecule has 3 rings (SSSR count). The summed E-state index contributed by atoms with van der Waals surface area (Å²) < 4.78 is 5.32. The summed E-state index contributed by atoms with van der Waals surface area (Å²) in [5.41, 5.74) is 1.95. The Morgan fingerprint density at radius 1 is 1.23 bits per heavy atom. The molecule has 0 unspecified atom stereocenters. The van der Waals surface area contributed by atoms with Gasteiger partial charge in [0.25, 0.3) is 5.91 Å². The van der Waals surface area contributed by atoms with Gasteiger partial charge in [0.1, 0.15) is 5.82 Å². The number of ether oxygens (including phenoxy) is 1. The summed E-state index contributed by atoms with van der Waals surface area (Å²) in [7, 11) is 1.80. The SMILES string of the molecule is CNc1cc(C)nc(Nc2ccc(Cl)c(C(=O)NC3CCOCC3)c2)n1. The van der Waals surface area contributed by atoms with Crippen molar-refractivity contribution in [2.75, 3.05) is 30.9 Å². The maximum Gasteiger partial charge on any atom is 0.253 e. The number of aryl methyl sites for hydroxylation is 1. The van der Waals surface area contributed by atoms with E-state index in [1.165, 1.54) is 0 Å². The van der Waals surface area contributed by atoms with E-state index in [2.05, 4.69) is 25.9 Å². The molecule has 0 bridgehead atoms. The van der Waals surface area contributed by atoms with Gasteiger partial charge in [-0.25, -0.2) is 4.98 Å². The van der Waals surface area contributed by atoms with Crippen molar-refractivity contribution >= 4 is 35.0 Å². The zero-order chi connectivity index (χ0) is 18.5. The lowest BCUT2D eigenvalue weighted by Gasteiger charge is -2.23. The molecule has 0 saturated carbocycles. The molecule has 1 amide bonds. The number of benzene rings is 1. The Morgan fingerprint density at radius 2 is 2.00 bits per heavy atom. The lowest BCUT2D eigenvalue weighted by Crippen LogP contribution is -2.39. The van der Waals surface area contributed by atoms with E-state index in [4.69, 9.17) is 16.3 Å². The van der Waals surface area contributed by atoms with Crippen molar-refractivity contribution in [2.45, 2.75) is 25.8 Å². The highest BCUT2D eigenvalue weighted by molar-refractivity contribution is 6.34. The normalized spacial score (nSPS) is 14.7. The molecule has 2 heterocycles. The molecule has 1 aromatic heterocycles. The fourth-order valence-corrected chi connectivity index (χ4v) is 2.97. The van der Waals surface area contributed by atoms with Crippen molar-refractivity contribution in [3.8, 4) is 0 Å². The number of amides is 1. The van der Waals surface area contributed by atoms with Crippen molar-refractivity contribution in [2.24, 2.45) is 0 Å². The number of hydrogen-bond acceptors (Lipinski definition) is 6. The Kier molecular flexibility index (Phi) is 5.90. The van der Waals surface area contributed by atoms with Gasteiger partial charge in [-0.3, -0.25) is 4.79 Å². The first-order valence-electron chi connectivity index (χ1n) is 8.54. The van der Waals surface area contributed by atoms with Crippen LogP contribution in [0.5, 0.6) is 0 Å². The predicted octanol–water partition coefficient (Wildman–Crippen LogP) is 3.13. The van der Waals surface area contributed by atoms with E-state index in [1.807, 2.05) is 13.0 Å². The van der Waals surface area contributed by atoms with Crippen LogP contribution in [0.25, 0.3) is 0 Å². The first kappa shape index (κ1) is 18.4. The number of carbonyl (C=O) groups excluding carboxylic acids is 1. The van der Waals surface area contributed by atoms with Crippen molar-refractivity contribution in [1.82, 2.24) is 15.3 Å². The van der Waals surface area contributed by atoms with Gasteiger partial charge in [-0.1, -0.05) is 11.6 Å². The van der Waals surface area contributed by atoms with E-state index in [1.54, 1.807) is 25.2 Å². The maximum atomic E-state index is 12.6. The summed E-state index contributed by atoms with van der Waals surface area (Å²) in [5.74, 6) is 0.977. The standard InChI is InChI=1S/C18H22ClN5O2/c1-11-9-16(20-2)24-18(21-11)23-13-3-4-15(19)14(10-13)17(25)22-12-5-7-26-8-6-12/h3-4,9-10,12H,5-8H2,1-2H3,(H,22,25)(H2,20,21,23,24). The lowest BCUT2D eigenvalue weighted by molar-refractivity contribution is 0.0696. The molecule has 0 atom stereocenters. The highest BCUT2D eigenvalue weighted by Crippen LogP contribution is 2.23. The predicted molar refractivity (Wildman–Crippen MR) is 102 cm³/mol. The lowest BCUT2D eigenvalue weighted by atomic mass is 10.1. The van der Waals surface area contributed by atoms with E-state index in [9.17, 15) is 4.79 Å². The fraction of sp³-hybridized carbons (Fsp3) is 0.389. The number of hydrogen-bond donors (Lipinski definition) is 3. The number of rotatable bonds is 5. The summed E-state index contributed by atoms with van der Waals surface area (Å²) in [5, 5.41) is 9.54. The number of halogens is 1. The molecule has 0 spiro atoms. The molecule has 1 aliphatic rings. The Labute approximate surface area is 157 Å². The molecule has 3 N–H and O–H groups in total. The zero-order valence-electron chi connectivity index (χ0n) is 14.8. The summed E-state index contributed by atoms with van der Waals surface area (Å²) in [6.07, 6.45) is 1.62. The molecule has 1 aromatic carbocycles. The van der Waals surface area contributed by atoms with Gasteiger partial charge in [-0.2, -0.15) is 4.98 Å². The second kappa shape index (κ2) is 8.33. The molecule has 26 heavy (non-hydrogen) atoms. The van der Waals surface area contributed by atoms with Crippen LogP contribution in [0.3, 0.4) is 0 Å². The van der Waals surface area contributed by atoms with Gasteiger partial charge in [-0.15, -0.1) is 0 Å². The van der Waals surface area contributed by atoms with Crippen LogP contribution in [0.4, 0.5) is 17.5 Å². The Morgan fingerprint density at radius 3 is 2.73 bits per heavy atom. The zero-order valence-corrected chi connectivity index (χ0v) is 15.6. The van der Waals surface area contributed by atoms with Gasteiger partial charge in [0, 0.05) is 43.8 Å². The van der Waals surface area contributed by atoms with Gasteiger partial charge in [0.15, 0.2) is 0 Å². The van der Waals surface area contributed by atoms with Gasteiger partial charge in [0.05, 0.1) is 10.6 Å². The second-order valence-electron chi connectivity index (χ2n) is 6.15. The molecular weight excluding hydrogens is 354 g/mol. The summed E-state index contributed by atoms with van der Waals surface area (Å²) >= 11 is 6.23. The monoisotopic (exact) mass is 375 g/mol. The third-order valence-electron chi connectivity index (χ3n) is 4.13. The van der Waals surface area contributed by atoms with Gasteiger partial charge >= 0.3 is 0 Å². The topological polar surface area (TPSA) is 88.2 Å². The third kappa shape index (κ3) is 4.62. The number of nitrogens with zero attached hydrogens (tertiary/aromatic N) is 2. The second-order valence-corrected chi connectivity index (χ2v) is 6.56. The van der Waals surface area contributed by atoms with E-state index in [-0.39, 0.29) is 11.9 Å². The van der Waals surface area contributed by atoms with Gasteiger partial charge in [-0.05, 0) is 38.0 Å². The first-order chi connectivity index (χ1) is 12.5. The van der Waals surface area contributed by atoms with Crippen molar-refractivity contribution in [3.63, 3.8) is 0 Å². The fourth-order valence-electron chi connectivity index (χ4n) is 2.76. The average molecular weight is 376 g/mol. The Bertz CT molecular complexity index is 793. The Hall–Kier alpha value is -2.38. The quantitative estimate of drug-likeness (QED) is 0.744. The molecule has 0 radical (unpaired) electrons. The maximum absolute atomic E-state index is 12.6. The van der Waals surface area contributed by atoms with Crippen LogP contribution in [0.2, 0.25) is 5.02 Å². The minimum atomic E-state index is -0.188. The molecule has 1 saturated heterocycles. The largest absolute Gasteiger partial charge is 0.381 e. The number of carbonyl (C=O) groups is 1. The highest BCUT2D eigenvalue weighted by Gasteiger charge is 2.19. The third-order valence-corrected chi connectivity index (χ3v) is 4.46. The van der Waals surface area contributed by atoms with Crippen molar-refractivity contribution in [1.29, 1.82) is 0 Å². The smallest absolute Gasteiger partial charge is 0.253 e. The van der Waals surface area contributed by atoms with E-state index in [0.717, 1.165) is 18.5 Å². The summed E-state index contributed by atoms with van der Waals surface area (Å²) in [6.45, 7) is 3.22. The minimum Gasteiger partial charge on any atom is -0.381 e. The van der Waals surface area contributed by atoms with Crippen molar-refractivity contribution < 1.29 is 9.53 Å². The Balaban J connectivity index is 1.76. The summed E-state index contributed by atoms with van der Waals surface area (Å²) in [4.78, 5) is 21.3. The first-order valence-corrected chi connectivity index (χ1v) is 8.91. The van der Waals surface area contributed by atoms with E-state index in [0.29, 0.717) is 41.3 Å². The molecule has 1 fully saturated rings. The van der Waals surface area contributed by atoms with E-state index >= 15 is 0 Å². The van der Waals surface area contributed by atoms with Crippen LogP contribution in [-0.4, -0.2) is 42.2 Å². The minimum absolute atomic E-state index is 0.113. The van der Waals surface area contributed by atoms with Crippen LogP contribution in [0, 0.1) is 6.92 Å². The molecule has 0 aliphatic carbocycles. The van der Waals surface area contributed by atoms with E-state index < -0.39 is 0 Å². The van der Waals surface area contributed by atoms with Crippen LogP contribution < -0.4 is 16.0 Å². The molecule has 7 nitrogen and oxygen atoms in total. The van der Waals surface area contributed by atoms with Crippen LogP contribution in [0.15, 0.2) is 24.3 Å². The average Bonchev–Trinajstić information content (AvgIpc) is 2.63. The van der Waals surface area contributed by atoms with Crippen LogP contribution in [0.1, 0.15) is 28.9 Å². The van der Waals surface area contributed by atoms with Crippen molar-refractivity contribution in [3.05, 3.63) is 40.5 Å². The number of aromatic nitrogens is 2. The number of anilines is 3. The molecular formula is C18H22ClN5O2. The number of nitrogens with one attached hydrogen (secondary N) is 3. The summed E-state index contributed by atoms with van der Waals surface area (Å²) in [6, 6.07) is 7.15. The molecule has 8 heteroatoms. The van der Waals surface area contributed by atoms with Gasteiger partial charge < -0.3 is 20.7 Å². The van der Waals surface area contributed by atoms with Crippen LogP contribution >= 0.6 is 11.6 Å².